The van der Waals surface area contributed by atoms with Gasteiger partial charge in [-0.05, 0) is 70.8 Å². The van der Waals surface area contributed by atoms with Crippen molar-refractivity contribution in [1.29, 1.82) is 0 Å². The summed E-state index contributed by atoms with van der Waals surface area (Å²) in [5.74, 6) is 0.749. The Bertz CT molecular complexity index is 1200. The number of piperidine rings is 1. The molecular formula is C26H32N2O3S2. The third-order valence-electron chi connectivity index (χ3n) is 5.98. The van der Waals surface area contributed by atoms with Gasteiger partial charge in [0.05, 0.1) is 21.7 Å². The van der Waals surface area contributed by atoms with Crippen LogP contribution in [0.2, 0.25) is 0 Å². The first-order chi connectivity index (χ1) is 15.8. The number of sulfone groups is 1. The van der Waals surface area contributed by atoms with E-state index in [1.54, 1.807) is 19.1 Å². The maximum absolute atomic E-state index is 13.4. The topological polar surface area (TPSA) is 59.5 Å². The van der Waals surface area contributed by atoms with Gasteiger partial charge in [0.15, 0.2) is 0 Å². The molecule has 1 aliphatic heterocycles. The lowest BCUT2D eigenvalue weighted by Gasteiger charge is -2.36. The zero-order valence-corrected chi connectivity index (χ0v) is 21.4. The fraction of sp³-hybridized carbons (Fsp3) is 0.423. The zero-order valence-electron chi connectivity index (χ0n) is 19.7. The van der Waals surface area contributed by atoms with E-state index in [0.29, 0.717) is 27.4 Å². The second-order valence-electron chi connectivity index (χ2n) is 8.94. The number of aryl methyl sites for hydroxylation is 2. The van der Waals surface area contributed by atoms with Crippen molar-refractivity contribution >= 4 is 21.2 Å². The molecule has 5 nitrogen and oxygen atoms in total. The van der Waals surface area contributed by atoms with Gasteiger partial charge in [-0.2, -0.15) is 0 Å². The molecule has 2 aromatic carbocycles. The van der Waals surface area contributed by atoms with Crippen molar-refractivity contribution in [1.82, 2.24) is 9.88 Å². The average Bonchev–Trinajstić information content (AvgIpc) is 3.14. The summed E-state index contributed by atoms with van der Waals surface area (Å²) in [6, 6.07) is 16.2. The molecule has 1 aromatic heterocycles. The number of thiazole rings is 1. The molecule has 1 saturated heterocycles. The third kappa shape index (κ3) is 5.31. The first kappa shape index (κ1) is 23.9. The van der Waals surface area contributed by atoms with Gasteiger partial charge < -0.3 is 4.74 Å². The Labute approximate surface area is 201 Å². The van der Waals surface area contributed by atoms with Crippen LogP contribution >= 0.6 is 11.3 Å². The van der Waals surface area contributed by atoms with Gasteiger partial charge in [0.1, 0.15) is 9.96 Å². The van der Waals surface area contributed by atoms with Gasteiger partial charge in [-0.3, -0.25) is 4.90 Å². The summed E-state index contributed by atoms with van der Waals surface area (Å²) < 4.78 is 33.3. The molecule has 7 heteroatoms. The number of hydrogen-bond acceptors (Lipinski definition) is 6. The van der Waals surface area contributed by atoms with Crippen LogP contribution in [0.4, 0.5) is 0 Å². The molecule has 0 N–H and O–H groups in total. The highest BCUT2D eigenvalue weighted by atomic mass is 32.2. The molecule has 4 rings (SSSR count). The second kappa shape index (κ2) is 9.95. The van der Waals surface area contributed by atoms with Gasteiger partial charge in [0.25, 0.3) is 0 Å². The number of benzene rings is 2. The van der Waals surface area contributed by atoms with Crippen LogP contribution in [0.5, 0.6) is 5.75 Å². The fourth-order valence-electron chi connectivity index (χ4n) is 4.54. The number of nitrogens with zero attached hydrogens (tertiary/aromatic N) is 2. The van der Waals surface area contributed by atoms with Crippen molar-refractivity contribution < 1.29 is 13.2 Å². The monoisotopic (exact) mass is 484 g/mol. The van der Waals surface area contributed by atoms with Crippen LogP contribution in [0.15, 0.2) is 57.6 Å². The Morgan fingerprint density at radius 3 is 2.55 bits per heavy atom. The molecule has 1 aliphatic rings. The van der Waals surface area contributed by atoms with Crippen molar-refractivity contribution in [2.24, 2.45) is 0 Å². The maximum atomic E-state index is 13.4. The smallest absolute Gasteiger partial charge is 0.217 e. The van der Waals surface area contributed by atoms with Gasteiger partial charge in [0, 0.05) is 18.2 Å². The maximum Gasteiger partial charge on any atom is 0.217 e. The number of ether oxygens (including phenoxy) is 1. The fourth-order valence-corrected chi connectivity index (χ4v) is 7.46. The molecule has 0 bridgehead atoms. The van der Waals surface area contributed by atoms with E-state index in [1.807, 2.05) is 32.9 Å². The Hall–Kier alpha value is -2.22. The molecule has 0 spiro atoms. The number of aromatic nitrogens is 1. The molecule has 1 atom stereocenters. The van der Waals surface area contributed by atoms with Crippen molar-refractivity contribution in [3.8, 4) is 5.75 Å². The standard InChI is InChI=1S/C26H32N2O3S2/c1-18(2)31-25-14-13-23(33(29,30)26-19(3)27-20(4)32-26)16-22(25)17-28-15-9-8-12-24(28)21-10-6-5-7-11-21/h5-7,10-11,13-14,16,18,24H,8-9,12,15,17H2,1-4H3/t24-/m0/s1. The number of hydrogen-bond donors (Lipinski definition) is 0. The first-order valence-electron chi connectivity index (χ1n) is 11.5. The van der Waals surface area contributed by atoms with Crippen LogP contribution in [-0.4, -0.2) is 31.0 Å². The van der Waals surface area contributed by atoms with E-state index in [4.69, 9.17) is 4.74 Å². The van der Waals surface area contributed by atoms with Gasteiger partial charge >= 0.3 is 0 Å². The molecule has 0 aliphatic carbocycles. The molecule has 0 unspecified atom stereocenters. The minimum atomic E-state index is -3.64. The lowest BCUT2D eigenvalue weighted by atomic mass is 9.94. The summed E-state index contributed by atoms with van der Waals surface area (Å²) in [6.07, 6.45) is 3.44. The summed E-state index contributed by atoms with van der Waals surface area (Å²) in [5.41, 5.74) is 2.77. The lowest BCUT2D eigenvalue weighted by Crippen LogP contribution is -2.33. The summed E-state index contributed by atoms with van der Waals surface area (Å²) in [6.45, 7) is 9.20. The highest BCUT2D eigenvalue weighted by molar-refractivity contribution is 7.93. The summed E-state index contributed by atoms with van der Waals surface area (Å²) >= 11 is 1.23. The van der Waals surface area contributed by atoms with E-state index >= 15 is 0 Å². The van der Waals surface area contributed by atoms with E-state index in [0.717, 1.165) is 35.7 Å². The Balaban J connectivity index is 1.72. The molecule has 176 valence electrons. The van der Waals surface area contributed by atoms with E-state index in [1.165, 1.54) is 23.3 Å². The van der Waals surface area contributed by atoms with E-state index in [-0.39, 0.29) is 6.10 Å². The second-order valence-corrected chi connectivity index (χ2v) is 12.3. The quantitative estimate of drug-likeness (QED) is 0.405. The minimum absolute atomic E-state index is 0.00359. The van der Waals surface area contributed by atoms with Crippen molar-refractivity contribution in [3.05, 3.63) is 70.4 Å². The molecule has 33 heavy (non-hydrogen) atoms. The number of rotatable bonds is 7. The first-order valence-corrected chi connectivity index (χ1v) is 13.8. The van der Waals surface area contributed by atoms with Crippen LogP contribution in [-0.2, 0) is 16.4 Å². The Morgan fingerprint density at radius 2 is 1.88 bits per heavy atom. The largest absolute Gasteiger partial charge is 0.491 e. The van der Waals surface area contributed by atoms with Crippen LogP contribution in [0.25, 0.3) is 0 Å². The van der Waals surface area contributed by atoms with Crippen LogP contribution in [0, 0.1) is 13.8 Å². The van der Waals surface area contributed by atoms with Crippen molar-refractivity contribution in [2.75, 3.05) is 6.54 Å². The predicted molar refractivity (Wildman–Crippen MR) is 133 cm³/mol. The minimum Gasteiger partial charge on any atom is -0.491 e. The van der Waals surface area contributed by atoms with E-state index in [2.05, 4.69) is 34.1 Å². The molecule has 0 amide bonds. The summed E-state index contributed by atoms with van der Waals surface area (Å²) in [7, 11) is -3.64. The summed E-state index contributed by atoms with van der Waals surface area (Å²) in [4.78, 5) is 7.08. The Kier molecular flexibility index (Phi) is 7.22. The van der Waals surface area contributed by atoms with Gasteiger partial charge in [0.2, 0.25) is 9.84 Å². The summed E-state index contributed by atoms with van der Waals surface area (Å²) in [5, 5.41) is 0.755. The SMILES string of the molecule is Cc1nc(C)c(S(=O)(=O)c2ccc(OC(C)C)c(CN3CCCC[C@H]3c3ccccc3)c2)s1. The van der Waals surface area contributed by atoms with Gasteiger partial charge in [-0.1, -0.05) is 36.8 Å². The van der Waals surface area contributed by atoms with Crippen LogP contribution in [0.3, 0.4) is 0 Å². The molecule has 2 heterocycles. The van der Waals surface area contributed by atoms with E-state index in [9.17, 15) is 8.42 Å². The molecule has 0 saturated carbocycles. The van der Waals surface area contributed by atoms with Crippen molar-refractivity contribution in [3.63, 3.8) is 0 Å². The Morgan fingerprint density at radius 1 is 1.12 bits per heavy atom. The predicted octanol–water partition coefficient (Wildman–Crippen LogP) is 6.11. The van der Waals surface area contributed by atoms with E-state index < -0.39 is 9.84 Å². The molecule has 1 fully saturated rings. The highest BCUT2D eigenvalue weighted by Gasteiger charge is 2.28. The third-order valence-corrected chi connectivity index (χ3v) is 9.42. The van der Waals surface area contributed by atoms with Crippen molar-refractivity contribution in [2.45, 2.75) is 74.8 Å². The molecular weight excluding hydrogens is 452 g/mol. The molecule has 0 radical (unpaired) electrons. The van der Waals surface area contributed by atoms with Crippen LogP contribution < -0.4 is 4.74 Å². The van der Waals surface area contributed by atoms with Crippen LogP contribution in [0.1, 0.15) is 61.0 Å². The molecule has 3 aromatic rings. The lowest BCUT2D eigenvalue weighted by molar-refractivity contribution is 0.137. The average molecular weight is 485 g/mol. The number of likely N-dealkylation sites (tertiary alicyclic amines) is 1. The normalized spacial score (nSPS) is 17.4. The van der Waals surface area contributed by atoms with Gasteiger partial charge in [-0.25, -0.2) is 13.4 Å². The van der Waals surface area contributed by atoms with Gasteiger partial charge in [-0.15, -0.1) is 11.3 Å². The zero-order chi connectivity index (χ0) is 23.6. The highest BCUT2D eigenvalue weighted by Crippen LogP contribution is 2.36.